The number of benzene rings is 3. The molecule has 9 nitrogen and oxygen atoms in total. The number of non-ortho nitro benzene ring substituents is 1. The Morgan fingerprint density at radius 2 is 1.71 bits per heavy atom. The maximum atomic E-state index is 13.2. The number of aliphatic hydroxyl groups is 1. The van der Waals surface area contributed by atoms with E-state index in [0.717, 1.165) is 5.56 Å². The summed E-state index contributed by atoms with van der Waals surface area (Å²) in [5, 5.41) is 22.7. The number of ether oxygens (including phenoxy) is 2. The highest BCUT2D eigenvalue weighted by Gasteiger charge is 2.46. The second-order valence-corrected chi connectivity index (χ2v) is 8.12. The molecule has 2 aliphatic heterocycles. The molecule has 5 rings (SSSR count). The van der Waals surface area contributed by atoms with Gasteiger partial charge in [-0.3, -0.25) is 19.7 Å². The van der Waals surface area contributed by atoms with Gasteiger partial charge in [0.15, 0.2) is 11.5 Å². The molecule has 1 amide bonds. The fourth-order valence-corrected chi connectivity index (χ4v) is 4.32. The number of fused-ring (bicyclic) bond motifs is 1. The van der Waals surface area contributed by atoms with Crippen molar-refractivity contribution in [2.24, 2.45) is 0 Å². The van der Waals surface area contributed by atoms with Crippen LogP contribution < -0.4 is 9.47 Å². The zero-order chi connectivity index (χ0) is 24.5. The summed E-state index contributed by atoms with van der Waals surface area (Å²) < 4.78 is 11.1. The largest absolute Gasteiger partial charge is 0.507 e. The van der Waals surface area contributed by atoms with Crippen LogP contribution in [-0.2, 0) is 16.1 Å². The Bertz CT molecular complexity index is 1370. The first kappa shape index (κ1) is 22.1. The smallest absolute Gasteiger partial charge is 0.295 e. The summed E-state index contributed by atoms with van der Waals surface area (Å²) in [4.78, 5) is 38.5. The topological polar surface area (TPSA) is 119 Å². The van der Waals surface area contributed by atoms with Gasteiger partial charge in [0.1, 0.15) is 19.0 Å². The lowest BCUT2D eigenvalue weighted by Gasteiger charge is -2.25. The average Bonchev–Trinajstić information content (AvgIpc) is 3.13. The number of hydrogen-bond donors (Lipinski definition) is 1. The molecule has 176 valence electrons. The second-order valence-electron chi connectivity index (χ2n) is 8.12. The molecule has 0 bridgehead atoms. The third kappa shape index (κ3) is 4.08. The summed E-state index contributed by atoms with van der Waals surface area (Å²) in [6, 6.07) is 18.5. The molecule has 1 fully saturated rings. The maximum absolute atomic E-state index is 13.2. The second kappa shape index (κ2) is 8.94. The number of nitrogens with zero attached hydrogens (tertiary/aromatic N) is 2. The quantitative estimate of drug-likeness (QED) is 0.196. The molecular weight excluding hydrogens is 452 g/mol. The first-order valence-electron chi connectivity index (χ1n) is 10.9. The van der Waals surface area contributed by atoms with Crippen molar-refractivity contribution in [2.45, 2.75) is 12.6 Å². The minimum absolute atomic E-state index is 0.0801. The van der Waals surface area contributed by atoms with Gasteiger partial charge in [-0.2, -0.15) is 0 Å². The number of carbonyl (C=O) groups excluding carboxylic acids is 2. The molecule has 2 heterocycles. The molecule has 1 atom stereocenters. The highest BCUT2D eigenvalue weighted by molar-refractivity contribution is 6.46. The molecule has 9 heteroatoms. The Balaban J connectivity index is 1.65. The molecule has 0 radical (unpaired) electrons. The molecule has 0 spiro atoms. The molecule has 0 aliphatic carbocycles. The molecule has 0 unspecified atom stereocenters. The average molecular weight is 472 g/mol. The first-order chi connectivity index (χ1) is 16.9. The van der Waals surface area contributed by atoms with E-state index in [1.165, 1.54) is 23.1 Å². The van der Waals surface area contributed by atoms with Crippen molar-refractivity contribution in [1.29, 1.82) is 0 Å². The van der Waals surface area contributed by atoms with Crippen molar-refractivity contribution in [3.05, 3.63) is 105 Å². The standard InChI is InChI=1S/C26H20N2O7/c29-24(18-9-10-20-21(14-18)35-12-11-34-20)22-23(17-7-4-8-19(13-17)28(32)33)27(26(31)25(22)30)15-16-5-2-1-3-6-16/h1-10,13-14,23,29H,11-12,15H2/t23-/m0/s1. The Morgan fingerprint density at radius 1 is 0.971 bits per heavy atom. The Kier molecular flexibility index (Phi) is 5.66. The normalized spacial score (nSPS) is 18.5. The molecule has 2 aliphatic rings. The van der Waals surface area contributed by atoms with Crippen LogP contribution in [0.25, 0.3) is 5.76 Å². The van der Waals surface area contributed by atoms with Crippen LogP contribution in [-0.4, -0.2) is 39.8 Å². The number of Topliss-reactive ketones (excluding diaryl/α,β-unsaturated/α-hetero) is 1. The summed E-state index contributed by atoms with van der Waals surface area (Å²) in [6.07, 6.45) is 0. The number of nitro benzene ring substituents is 1. The Morgan fingerprint density at radius 3 is 2.46 bits per heavy atom. The fourth-order valence-electron chi connectivity index (χ4n) is 4.32. The van der Waals surface area contributed by atoms with Crippen molar-refractivity contribution in [3.63, 3.8) is 0 Å². The lowest BCUT2D eigenvalue weighted by atomic mass is 9.94. The van der Waals surface area contributed by atoms with Gasteiger partial charge in [0, 0.05) is 24.2 Å². The van der Waals surface area contributed by atoms with Gasteiger partial charge >= 0.3 is 0 Å². The van der Waals surface area contributed by atoms with E-state index in [9.17, 15) is 24.8 Å². The van der Waals surface area contributed by atoms with Crippen LogP contribution in [0.1, 0.15) is 22.7 Å². The molecule has 1 saturated heterocycles. The van der Waals surface area contributed by atoms with E-state index < -0.39 is 28.4 Å². The lowest BCUT2D eigenvalue weighted by molar-refractivity contribution is -0.384. The van der Waals surface area contributed by atoms with Crippen molar-refractivity contribution in [3.8, 4) is 11.5 Å². The van der Waals surface area contributed by atoms with E-state index in [2.05, 4.69) is 0 Å². The molecule has 0 aromatic heterocycles. The molecular formula is C26H20N2O7. The van der Waals surface area contributed by atoms with E-state index in [4.69, 9.17) is 9.47 Å². The number of nitro groups is 1. The van der Waals surface area contributed by atoms with Gasteiger partial charge in [0.2, 0.25) is 0 Å². The van der Waals surface area contributed by atoms with Gasteiger partial charge < -0.3 is 19.5 Å². The fraction of sp³-hybridized carbons (Fsp3) is 0.154. The van der Waals surface area contributed by atoms with E-state index >= 15 is 0 Å². The third-order valence-corrected chi connectivity index (χ3v) is 5.95. The maximum Gasteiger partial charge on any atom is 0.295 e. The van der Waals surface area contributed by atoms with Gasteiger partial charge in [-0.15, -0.1) is 0 Å². The van der Waals surface area contributed by atoms with Crippen molar-refractivity contribution >= 4 is 23.1 Å². The van der Waals surface area contributed by atoms with E-state index in [1.54, 1.807) is 24.3 Å². The minimum atomic E-state index is -1.02. The van der Waals surface area contributed by atoms with Gasteiger partial charge in [0.25, 0.3) is 17.4 Å². The highest BCUT2D eigenvalue weighted by atomic mass is 16.6. The van der Waals surface area contributed by atoms with Gasteiger partial charge in [0.05, 0.1) is 16.5 Å². The van der Waals surface area contributed by atoms with Crippen LogP contribution in [0.15, 0.2) is 78.4 Å². The van der Waals surface area contributed by atoms with E-state index in [-0.39, 0.29) is 23.4 Å². The lowest BCUT2D eigenvalue weighted by Crippen LogP contribution is -2.29. The summed E-state index contributed by atoms with van der Waals surface area (Å²) in [6.45, 7) is 0.818. The summed E-state index contributed by atoms with van der Waals surface area (Å²) in [5.74, 6) is -1.15. The van der Waals surface area contributed by atoms with Crippen molar-refractivity contribution in [1.82, 2.24) is 4.90 Å². The van der Waals surface area contributed by atoms with E-state index in [1.807, 2.05) is 30.3 Å². The van der Waals surface area contributed by atoms with Gasteiger partial charge in [-0.25, -0.2) is 0 Å². The minimum Gasteiger partial charge on any atom is -0.507 e. The monoisotopic (exact) mass is 472 g/mol. The third-order valence-electron chi connectivity index (χ3n) is 5.95. The predicted octanol–water partition coefficient (Wildman–Crippen LogP) is 3.99. The van der Waals surface area contributed by atoms with Crippen molar-refractivity contribution < 1.29 is 29.1 Å². The highest BCUT2D eigenvalue weighted by Crippen LogP contribution is 2.42. The zero-order valence-corrected chi connectivity index (χ0v) is 18.4. The molecule has 0 saturated carbocycles. The molecule has 35 heavy (non-hydrogen) atoms. The number of carbonyl (C=O) groups is 2. The number of amides is 1. The van der Waals surface area contributed by atoms with Crippen LogP contribution >= 0.6 is 0 Å². The Labute approximate surface area is 200 Å². The van der Waals surface area contributed by atoms with Gasteiger partial charge in [-0.05, 0) is 29.3 Å². The first-order valence-corrected chi connectivity index (χ1v) is 10.9. The van der Waals surface area contributed by atoms with Crippen molar-refractivity contribution in [2.75, 3.05) is 13.2 Å². The van der Waals surface area contributed by atoms with E-state index in [0.29, 0.717) is 30.3 Å². The number of aliphatic hydroxyl groups excluding tert-OH is 1. The number of likely N-dealkylation sites (tertiary alicyclic amines) is 1. The van der Waals surface area contributed by atoms with Crippen LogP contribution in [0, 0.1) is 10.1 Å². The van der Waals surface area contributed by atoms with Crippen LogP contribution in [0.2, 0.25) is 0 Å². The number of hydrogen-bond acceptors (Lipinski definition) is 7. The SMILES string of the molecule is O=C1C(=O)N(Cc2ccccc2)[C@@H](c2cccc([N+](=O)[O-])c2)C1=C(O)c1ccc2c(c1)OCCO2. The summed E-state index contributed by atoms with van der Waals surface area (Å²) in [7, 11) is 0. The van der Waals surface area contributed by atoms with Gasteiger partial charge in [-0.1, -0.05) is 42.5 Å². The molecule has 1 N–H and O–H groups in total. The van der Waals surface area contributed by atoms with Crippen LogP contribution in [0.3, 0.4) is 0 Å². The number of rotatable bonds is 5. The molecule has 3 aromatic carbocycles. The summed E-state index contributed by atoms with van der Waals surface area (Å²) in [5.41, 5.74) is 1.04. The summed E-state index contributed by atoms with van der Waals surface area (Å²) >= 11 is 0. The molecule has 3 aromatic rings. The predicted molar refractivity (Wildman–Crippen MR) is 125 cm³/mol. The van der Waals surface area contributed by atoms with Crippen LogP contribution in [0.5, 0.6) is 11.5 Å². The Hall–Kier alpha value is -4.66. The van der Waals surface area contributed by atoms with Crippen LogP contribution in [0.4, 0.5) is 5.69 Å². The number of ketones is 1. The zero-order valence-electron chi connectivity index (χ0n) is 18.4.